The summed E-state index contributed by atoms with van der Waals surface area (Å²) < 4.78 is 40.1. The molecule has 9 heteroatoms. The first-order valence-corrected chi connectivity index (χ1v) is 8.55. The summed E-state index contributed by atoms with van der Waals surface area (Å²) in [6.07, 6.45) is -4.81. The van der Waals surface area contributed by atoms with Gasteiger partial charge in [-0.05, 0) is 62.4 Å². The number of carbonyl (C=O) groups is 2. The molecule has 0 fully saturated rings. The van der Waals surface area contributed by atoms with Gasteiger partial charge in [0.25, 0.3) is 11.8 Å². The van der Waals surface area contributed by atoms with Crippen LogP contribution in [0.5, 0.6) is 5.75 Å². The van der Waals surface area contributed by atoms with Crippen molar-refractivity contribution in [3.05, 3.63) is 59.7 Å². The SMILES string of the molecule is CCN(CC)c1ccc(C(=O)NNC(=O)c2ccc(OC(F)(F)F)cc2)cc1. The van der Waals surface area contributed by atoms with Crippen LogP contribution in [0.2, 0.25) is 0 Å². The number of hydrazine groups is 1. The van der Waals surface area contributed by atoms with Gasteiger partial charge in [0, 0.05) is 29.9 Å². The van der Waals surface area contributed by atoms with Gasteiger partial charge in [0.15, 0.2) is 0 Å². The number of alkyl halides is 3. The monoisotopic (exact) mass is 395 g/mol. The van der Waals surface area contributed by atoms with E-state index in [-0.39, 0.29) is 5.56 Å². The van der Waals surface area contributed by atoms with E-state index in [0.29, 0.717) is 5.56 Å². The van der Waals surface area contributed by atoms with Gasteiger partial charge in [0.05, 0.1) is 0 Å². The Hall–Kier alpha value is -3.23. The fourth-order valence-corrected chi connectivity index (χ4v) is 2.48. The second-order valence-electron chi connectivity index (χ2n) is 5.70. The molecule has 28 heavy (non-hydrogen) atoms. The van der Waals surface area contributed by atoms with Crippen LogP contribution >= 0.6 is 0 Å². The Bertz CT molecular complexity index is 802. The predicted octanol–water partition coefficient (Wildman–Crippen LogP) is 3.51. The van der Waals surface area contributed by atoms with Crippen molar-refractivity contribution in [1.82, 2.24) is 10.9 Å². The van der Waals surface area contributed by atoms with Gasteiger partial charge in [-0.1, -0.05) is 0 Å². The summed E-state index contributed by atoms with van der Waals surface area (Å²) >= 11 is 0. The van der Waals surface area contributed by atoms with Gasteiger partial charge in [-0.2, -0.15) is 0 Å². The Morgan fingerprint density at radius 1 is 0.857 bits per heavy atom. The first-order valence-electron chi connectivity index (χ1n) is 8.55. The van der Waals surface area contributed by atoms with Crippen LogP contribution in [0.1, 0.15) is 34.6 Å². The fraction of sp³-hybridized carbons (Fsp3) is 0.263. The zero-order valence-electron chi connectivity index (χ0n) is 15.3. The minimum atomic E-state index is -4.81. The van der Waals surface area contributed by atoms with Crippen molar-refractivity contribution in [1.29, 1.82) is 0 Å². The Labute approximate surface area is 160 Å². The minimum absolute atomic E-state index is 0.0618. The number of ether oxygens (including phenoxy) is 1. The molecule has 0 bridgehead atoms. The molecule has 0 unspecified atom stereocenters. The standard InChI is InChI=1S/C19H20F3N3O3/c1-3-25(4-2)15-9-5-13(6-10-15)17(26)23-24-18(27)14-7-11-16(12-8-14)28-19(20,21)22/h5-12H,3-4H2,1-2H3,(H,23,26)(H,24,27). The molecule has 0 atom stereocenters. The highest BCUT2D eigenvalue weighted by Crippen LogP contribution is 2.22. The largest absolute Gasteiger partial charge is 0.573 e. The lowest BCUT2D eigenvalue weighted by molar-refractivity contribution is -0.274. The maximum atomic E-state index is 12.1. The molecule has 0 radical (unpaired) electrons. The molecule has 2 aromatic rings. The van der Waals surface area contributed by atoms with Gasteiger partial charge in [-0.3, -0.25) is 20.4 Å². The zero-order valence-corrected chi connectivity index (χ0v) is 15.3. The number of benzene rings is 2. The van der Waals surface area contributed by atoms with E-state index in [2.05, 4.69) is 20.5 Å². The van der Waals surface area contributed by atoms with Crippen molar-refractivity contribution < 1.29 is 27.5 Å². The average molecular weight is 395 g/mol. The van der Waals surface area contributed by atoms with E-state index in [1.165, 1.54) is 0 Å². The van der Waals surface area contributed by atoms with Gasteiger partial charge < -0.3 is 9.64 Å². The van der Waals surface area contributed by atoms with Crippen LogP contribution in [0.25, 0.3) is 0 Å². The van der Waals surface area contributed by atoms with E-state index in [9.17, 15) is 22.8 Å². The van der Waals surface area contributed by atoms with Crippen LogP contribution in [0, 0.1) is 0 Å². The average Bonchev–Trinajstić information content (AvgIpc) is 2.66. The molecule has 0 aromatic heterocycles. The summed E-state index contributed by atoms with van der Waals surface area (Å²) in [6, 6.07) is 11.2. The van der Waals surface area contributed by atoms with E-state index < -0.39 is 23.9 Å². The van der Waals surface area contributed by atoms with Crippen molar-refractivity contribution in [2.45, 2.75) is 20.2 Å². The number of carbonyl (C=O) groups excluding carboxylic acids is 2. The van der Waals surface area contributed by atoms with E-state index in [0.717, 1.165) is 43.0 Å². The van der Waals surface area contributed by atoms with E-state index in [1.807, 2.05) is 26.0 Å². The number of halogens is 3. The molecule has 6 nitrogen and oxygen atoms in total. The molecule has 0 saturated heterocycles. The first-order chi connectivity index (χ1) is 13.2. The quantitative estimate of drug-likeness (QED) is 0.735. The first kappa shape index (κ1) is 21.1. The Balaban J connectivity index is 1.92. The topological polar surface area (TPSA) is 70.7 Å². The van der Waals surface area contributed by atoms with Crippen LogP contribution in [-0.4, -0.2) is 31.3 Å². The third-order valence-electron chi connectivity index (χ3n) is 3.90. The van der Waals surface area contributed by atoms with Crippen LogP contribution in [-0.2, 0) is 0 Å². The van der Waals surface area contributed by atoms with E-state index in [4.69, 9.17) is 0 Å². The normalized spacial score (nSPS) is 10.9. The number of hydrogen-bond donors (Lipinski definition) is 2. The second kappa shape index (κ2) is 9.12. The number of rotatable bonds is 6. The van der Waals surface area contributed by atoms with Crippen LogP contribution in [0.3, 0.4) is 0 Å². The highest BCUT2D eigenvalue weighted by atomic mass is 19.4. The maximum Gasteiger partial charge on any atom is 0.573 e. The number of nitrogens with zero attached hydrogens (tertiary/aromatic N) is 1. The lowest BCUT2D eigenvalue weighted by Crippen LogP contribution is -2.41. The summed E-state index contributed by atoms with van der Waals surface area (Å²) in [6.45, 7) is 5.73. The smallest absolute Gasteiger partial charge is 0.406 e. The van der Waals surface area contributed by atoms with Gasteiger partial charge >= 0.3 is 6.36 Å². The summed E-state index contributed by atoms with van der Waals surface area (Å²) in [5, 5.41) is 0. The van der Waals surface area contributed by atoms with E-state index >= 15 is 0 Å². The lowest BCUT2D eigenvalue weighted by atomic mass is 10.2. The molecule has 0 spiro atoms. The zero-order chi connectivity index (χ0) is 20.7. The van der Waals surface area contributed by atoms with Crippen LogP contribution in [0.15, 0.2) is 48.5 Å². The molecule has 0 heterocycles. The molecular formula is C19H20F3N3O3. The highest BCUT2D eigenvalue weighted by molar-refractivity contribution is 5.99. The molecule has 2 aromatic carbocycles. The van der Waals surface area contributed by atoms with Crippen molar-refractivity contribution in [3.8, 4) is 5.75 Å². The molecule has 150 valence electrons. The summed E-state index contributed by atoms with van der Waals surface area (Å²) in [7, 11) is 0. The summed E-state index contributed by atoms with van der Waals surface area (Å²) in [5.41, 5.74) is 5.87. The van der Waals surface area contributed by atoms with Crippen LogP contribution in [0.4, 0.5) is 18.9 Å². The van der Waals surface area contributed by atoms with Crippen molar-refractivity contribution in [2.75, 3.05) is 18.0 Å². The number of anilines is 1. The van der Waals surface area contributed by atoms with Gasteiger partial charge in [-0.15, -0.1) is 13.2 Å². The van der Waals surface area contributed by atoms with Gasteiger partial charge in [-0.25, -0.2) is 0 Å². The number of nitrogens with one attached hydrogen (secondary N) is 2. The molecule has 2 N–H and O–H groups in total. The van der Waals surface area contributed by atoms with Gasteiger partial charge in [0.2, 0.25) is 0 Å². The van der Waals surface area contributed by atoms with Crippen molar-refractivity contribution in [3.63, 3.8) is 0 Å². The summed E-state index contributed by atoms with van der Waals surface area (Å²) in [4.78, 5) is 26.3. The fourth-order valence-electron chi connectivity index (χ4n) is 2.48. The molecule has 0 saturated carbocycles. The minimum Gasteiger partial charge on any atom is -0.406 e. The third-order valence-corrected chi connectivity index (χ3v) is 3.90. The Kier molecular flexibility index (Phi) is 6.86. The Morgan fingerprint density at radius 2 is 1.29 bits per heavy atom. The van der Waals surface area contributed by atoms with Crippen molar-refractivity contribution in [2.24, 2.45) is 0 Å². The van der Waals surface area contributed by atoms with E-state index in [1.54, 1.807) is 12.1 Å². The maximum absolute atomic E-state index is 12.1. The van der Waals surface area contributed by atoms with Crippen molar-refractivity contribution >= 4 is 17.5 Å². The lowest BCUT2D eigenvalue weighted by Gasteiger charge is -2.21. The number of hydrogen-bond acceptors (Lipinski definition) is 4. The van der Waals surface area contributed by atoms with Crippen LogP contribution < -0.4 is 20.5 Å². The highest BCUT2D eigenvalue weighted by Gasteiger charge is 2.31. The molecule has 2 rings (SSSR count). The Morgan fingerprint density at radius 3 is 1.68 bits per heavy atom. The molecule has 2 amide bonds. The predicted molar refractivity (Wildman–Crippen MR) is 98.1 cm³/mol. The second-order valence-corrected chi connectivity index (χ2v) is 5.70. The molecular weight excluding hydrogens is 375 g/mol. The number of amides is 2. The molecule has 0 aliphatic heterocycles. The molecule has 0 aliphatic carbocycles. The van der Waals surface area contributed by atoms with Gasteiger partial charge in [0.1, 0.15) is 5.75 Å². The molecule has 0 aliphatic rings. The third kappa shape index (κ3) is 5.90. The summed E-state index contributed by atoms with van der Waals surface area (Å²) in [5.74, 6) is -1.63.